The Balaban J connectivity index is 2.09. The van der Waals surface area contributed by atoms with Crippen LogP contribution in [0.3, 0.4) is 0 Å². The molecule has 1 unspecified atom stereocenters. The van der Waals surface area contributed by atoms with Gasteiger partial charge in [0.2, 0.25) is 0 Å². The molecule has 0 saturated carbocycles. The average molecular weight is 405 g/mol. The molecule has 7 heteroatoms. The van der Waals surface area contributed by atoms with Crippen LogP contribution in [0.5, 0.6) is 0 Å². The highest BCUT2D eigenvalue weighted by atomic mass is 16.3. The lowest BCUT2D eigenvalue weighted by Gasteiger charge is -2.26. The van der Waals surface area contributed by atoms with Gasteiger partial charge in [0.05, 0.1) is 30.6 Å². The van der Waals surface area contributed by atoms with Gasteiger partial charge in [-0.1, -0.05) is 18.2 Å². The van der Waals surface area contributed by atoms with Crippen molar-refractivity contribution in [3.63, 3.8) is 0 Å². The number of hydrogen-bond acceptors (Lipinski definition) is 6. The molecule has 2 aromatic rings. The molecule has 156 valence electrons. The Morgan fingerprint density at radius 3 is 2.77 bits per heavy atom. The Hall–Kier alpha value is -3.32. The Labute approximate surface area is 177 Å². The molecule has 0 fully saturated rings. The smallest absolute Gasteiger partial charge is 0.144 e. The molecule has 3 N–H and O–H groups in total. The minimum atomic E-state index is -0.0740. The molecule has 1 aromatic carbocycles. The van der Waals surface area contributed by atoms with Gasteiger partial charge in [-0.25, -0.2) is 4.98 Å². The van der Waals surface area contributed by atoms with Crippen molar-refractivity contribution in [1.82, 2.24) is 4.98 Å². The van der Waals surface area contributed by atoms with E-state index in [9.17, 15) is 5.11 Å². The van der Waals surface area contributed by atoms with Crippen molar-refractivity contribution in [2.75, 3.05) is 17.2 Å². The number of dihydropyridines is 1. The van der Waals surface area contributed by atoms with E-state index in [0.29, 0.717) is 18.2 Å². The van der Waals surface area contributed by atoms with E-state index in [2.05, 4.69) is 28.0 Å². The molecule has 0 bridgehead atoms. The van der Waals surface area contributed by atoms with Crippen molar-refractivity contribution in [3.05, 3.63) is 65.9 Å². The second-order valence-electron chi connectivity index (χ2n) is 6.97. The van der Waals surface area contributed by atoms with E-state index in [1.807, 2.05) is 60.5 Å². The average Bonchev–Trinajstić information content (AvgIpc) is 2.80. The molecule has 2 heterocycles. The number of aliphatic hydroxyl groups is 1. The molecule has 1 aromatic heterocycles. The first kappa shape index (κ1) is 21.4. The van der Waals surface area contributed by atoms with Crippen molar-refractivity contribution in [3.8, 4) is 0 Å². The normalized spacial score (nSPS) is 17.4. The van der Waals surface area contributed by atoms with Gasteiger partial charge in [-0.2, -0.15) is 0 Å². The van der Waals surface area contributed by atoms with Crippen LogP contribution in [0.1, 0.15) is 31.4 Å². The van der Waals surface area contributed by atoms with Crippen molar-refractivity contribution >= 4 is 29.9 Å². The number of rotatable bonds is 7. The quantitative estimate of drug-likeness (QED) is 0.546. The van der Waals surface area contributed by atoms with Gasteiger partial charge < -0.3 is 10.8 Å². The number of hydrogen-bond donors (Lipinski definition) is 2. The Morgan fingerprint density at radius 2 is 2.13 bits per heavy atom. The van der Waals surface area contributed by atoms with Gasteiger partial charge in [-0.3, -0.25) is 19.9 Å². The summed E-state index contributed by atoms with van der Waals surface area (Å²) < 4.78 is 0. The minimum absolute atomic E-state index is 0.00986. The summed E-state index contributed by atoms with van der Waals surface area (Å²) in [6.45, 7) is 4.65. The number of nitrogens with zero attached hydrogens (tertiary/aromatic N) is 5. The fourth-order valence-corrected chi connectivity index (χ4v) is 3.14. The van der Waals surface area contributed by atoms with E-state index in [4.69, 9.17) is 10.7 Å². The fourth-order valence-electron chi connectivity index (χ4n) is 3.14. The van der Waals surface area contributed by atoms with Crippen LogP contribution < -0.4 is 10.6 Å². The number of aliphatic hydroxyl groups excluding tert-OH is 1. The zero-order valence-corrected chi connectivity index (χ0v) is 17.4. The van der Waals surface area contributed by atoms with Gasteiger partial charge in [0.1, 0.15) is 11.7 Å². The van der Waals surface area contributed by atoms with E-state index in [0.717, 1.165) is 23.2 Å². The molecule has 1 aliphatic heterocycles. The second-order valence-corrected chi connectivity index (χ2v) is 6.97. The van der Waals surface area contributed by atoms with Gasteiger partial charge in [0.15, 0.2) is 0 Å². The molecule has 1 aliphatic rings. The summed E-state index contributed by atoms with van der Waals surface area (Å²) in [6, 6.07) is 11.4. The third kappa shape index (κ3) is 5.18. The monoisotopic (exact) mass is 404 g/mol. The maximum Gasteiger partial charge on any atom is 0.144 e. The maximum atomic E-state index is 9.39. The van der Waals surface area contributed by atoms with Crippen LogP contribution in [0.2, 0.25) is 0 Å². The van der Waals surface area contributed by atoms with Crippen LogP contribution in [0.25, 0.3) is 0 Å². The predicted molar refractivity (Wildman–Crippen MR) is 125 cm³/mol. The highest BCUT2D eigenvalue weighted by Gasteiger charge is 2.22. The number of pyridine rings is 1. The van der Waals surface area contributed by atoms with E-state index in [1.165, 1.54) is 0 Å². The van der Waals surface area contributed by atoms with Crippen molar-refractivity contribution in [2.45, 2.75) is 39.0 Å². The predicted octanol–water partition coefficient (Wildman–Crippen LogP) is 3.25. The third-order valence-corrected chi connectivity index (χ3v) is 4.84. The number of aromatic nitrogens is 1. The van der Waals surface area contributed by atoms with Crippen molar-refractivity contribution in [1.29, 1.82) is 0 Å². The highest BCUT2D eigenvalue weighted by molar-refractivity contribution is 6.21. The van der Waals surface area contributed by atoms with Crippen LogP contribution in [-0.2, 0) is 6.61 Å². The first-order valence-electron chi connectivity index (χ1n) is 10.1. The van der Waals surface area contributed by atoms with Crippen LogP contribution in [0, 0.1) is 0 Å². The standard InChI is InChI=1S/C23H28N6O/c1-3-25-16-29(19-11-9-18(15-30)10-12-19)23(20-7-6-14-27-22(20)24)28-17(2)21-8-4-5-13-26-21/h4-7,9-14,16-17,21,30H,3,8,15H2,1-2H3,(H2,24,27)/b25-16+,28-23-/t17-,21?/m0/s1. The first-order valence-corrected chi connectivity index (χ1v) is 10.1. The lowest BCUT2D eigenvalue weighted by molar-refractivity contribution is 0.282. The molecule has 0 amide bonds. The molecule has 0 spiro atoms. The van der Waals surface area contributed by atoms with Crippen molar-refractivity contribution in [2.24, 2.45) is 15.0 Å². The maximum absolute atomic E-state index is 9.39. The third-order valence-electron chi connectivity index (χ3n) is 4.84. The van der Waals surface area contributed by atoms with E-state index < -0.39 is 0 Å². The van der Waals surface area contributed by atoms with Gasteiger partial charge in [-0.05, 0) is 56.2 Å². The second kappa shape index (κ2) is 10.5. The summed E-state index contributed by atoms with van der Waals surface area (Å²) in [4.78, 5) is 20.2. The van der Waals surface area contributed by atoms with E-state index in [-0.39, 0.29) is 18.7 Å². The Bertz CT molecular complexity index is 948. The number of benzene rings is 1. The Morgan fingerprint density at radius 1 is 1.33 bits per heavy atom. The zero-order chi connectivity index (χ0) is 21.3. The zero-order valence-electron chi connectivity index (χ0n) is 17.4. The summed E-state index contributed by atoms with van der Waals surface area (Å²) in [6.07, 6.45) is 10.1. The molecular formula is C23H28N6O. The van der Waals surface area contributed by atoms with Crippen LogP contribution in [0.4, 0.5) is 11.5 Å². The lowest BCUT2D eigenvalue weighted by Crippen LogP contribution is -2.34. The summed E-state index contributed by atoms with van der Waals surface area (Å²) in [5.74, 6) is 1.06. The molecule has 2 atom stereocenters. The minimum Gasteiger partial charge on any atom is -0.392 e. The van der Waals surface area contributed by atoms with Gasteiger partial charge in [-0.15, -0.1) is 0 Å². The number of allylic oxidation sites excluding steroid dienone is 1. The van der Waals surface area contributed by atoms with Gasteiger partial charge in [0, 0.05) is 24.6 Å². The SMILES string of the molecule is CC/N=C/N(/C(=N\[C@@H](C)C1CC=CC=N1)c1cccnc1N)c1ccc(CO)cc1. The summed E-state index contributed by atoms with van der Waals surface area (Å²) in [7, 11) is 0. The van der Waals surface area contributed by atoms with Crippen molar-refractivity contribution < 1.29 is 5.11 Å². The number of nitrogen functional groups attached to an aromatic ring is 1. The summed E-state index contributed by atoms with van der Waals surface area (Å²) >= 11 is 0. The number of amidine groups is 1. The first-order chi connectivity index (χ1) is 14.6. The highest BCUT2D eigenvalue weighted by Crippen LogP contribution is 2.22. The molecule has 0 aliphatic carbocycles. The Kier molecular flexibility index (Phi) is 7.45. The number of aliphatic imine (C=N–C) groups is 3. The fraction of sp³-hybridized carbons (Fsp3) is 0.304. The number of nitrogens with two attached hydrogens (primary N) is 1. The van der Waals surface area contributed by atoms with Crippen LogP contribution >= 0.6 is 0 Å². The topological polar surface area (TPSA) is 99.5 Å². The molecule has 3 rings (SSSR count). The van der Waals surface area contributed by atoms with Crippen LogP contribution in [0.15, 0.2) is 69.7 Å². The number of anilines is 2. The molecule has 30 heavy (non-hydrogen) atoms. The van der Waals surface area contributed by atoms with E-state index >= 15 is 0 Å². The molecule has 7 nitrogen and oxygen atoms in total. The summed E-state index contributed by atoms with van der Waals surface area (Å²) in [5, 5.41) is 9.39. The van der Waals surface area contributed by atoms with Gasteiger partial charge >= 0.3 is 0 Å². The van der Waals surface area contributed by atoms with Gasteiger partial charge in [0.25, 0.3) is 0 Å². The van der Waals surface area contributed by atoms with Crippen LogP contribution in [-0.4, -0.2) is 47.1 Å². The molecular weight excluding hydrogens is 376 g/mol. The molecule has 0 saturated heterocycles. The lowest BCUT2D eigenvalue weighted by atomic mass is 10.1. The largest absolute Gasteiger partial charge is 0.392 e. The molecule has 0 radical (unpaired) electrons. The van der Waals surface area contributed by atoms with E-state index in [1.54, 1.807) is 12.5 Å². The summed E-state index contributed by atoms with van der Waals surface area (Å²) in [5.41, 5.74) is 8.66.